The minimum Gasteiger partial charge on any atom is -0.365 e. The Morgan fingerprint density at radius 3 is 2.52 bits per heavy atom. The Morgan fingerprint density at radius 2 is 1.91 bits per heavy atom. The van der Waals surface area contributed by atoms with Crippen molar-refractivity contribution in [1.29, 1.82) is 5.26 Å². The first kappa shape index (κ1) is 23.0. The highest BCUT2D eigenvalue weighted by atomic mass is 35.5. The van der Waals surface area contributed by atoms with E-state index in [1.165, 1.54) is 0 Å². The first-order chi connectivity index (χ1) is 15.9. The molecule has 0 aliphatic carbocycles. The average Bonchev–Trinajstić information content (AvgIpc) is 2.85. The number of amides is 1. The summed E-state index contributed by atoms with van der Waals surface area (Å²) in [7, 11) is 0. The molecule has 0 radical (unpaired) electrons. The molecule has 33 heavy (non-hydrogen) atoms. The predicted molar refractivity (Wildman–Crippen MR) is 127 cm³/mol. The molecule has 2 fully saturated rings. The fraction of sp³-hybridized carbons (Fsp3) is 0.458. The van der Waals surface area contributed by atoms with Gasteiger partial charge in [-0.05, 0) is 44.9 Å². The molecule has 1 aromatic heterocycles. The third-order valence-electron chi connectivity index (χ3n) is 6.56. The highest BCUT2D eigenvalue weighted by molar-refractivity contribution is 6.32. The van der Waals surface area contributed by atoms with Gasteiger partial charge in [-0.2, -0.15) is 5.26 Å². The summed E-state index contributed by atoms with van der Waals surface area (Å²) in [6.45, 7) is 6.80. The Hall–Kier alpha value is -3.18. The summed E-state index contributed by atoms with van der Waals surface area (Å²) in [5, 5.41) is 9.54. The number of hydrogen-bond acceptors (Lipinski definition) is 7. The Kier molecular flexibility index (Phi) is 6.80. The van der Waals surface area contributed by atoms with Crippen molar-refractivity contribution >= 4 is 35.3 Å². The summed E-state index contributed by atoms with van der Waals surface area (Å²) in [5.74, 6) is 0.725. The van der Waals surface area contributed by atoms with Crippen LogP contribution in [0.15, 0.2) is 30.6 Å². The molecular weight excluding hydrogens is 440 g/mol. The lowest BCUT2D eigenvalue weighted by atomic mass is 9.99. The van der Waals surface area contributed by atoms with Crippen molar-refractivity contribution in [2.24, 2.45) is 5.92 Å². The van der Waals surface area contributed by atoms with Gasteiger partial charge < -0.3 is 19.5 Å². The van der Waals surface area contributed by atoms with Crippen molar-refractivity contribution in [2.45, 2.75) is 38.8 Å². The topological polar surface area (TPSA) is 93.4 Å². The van der Waals surface area contributed by atoms with Crippen LogP contribution in [0.3, 0.4) is 0 Å². The Morgan fingerprint density at radius 1 is 1.15 bits per heavy atom. The fourth-order valence-electron chi connectivity index (χ4n) is 4.55. The van der Waals surface area contributed by atoms with E-state index in [-0.39, 0.29) is 23.9 Å². The summed E-state index contributed by atoms with van der Waals surface area (Å²) < 4.78 is 0. The highest BCUT2D eigenvalue weighted by Crippen LogP contribution is 2.28. The molecule has 0 spiro atoms. The average molecular weight is 467 g/mol. The van der Waals surface area contributed by atoms with Gasteiger partial charge in [0.2, 0.25) is 0 Å². The van der Waals surface area contributed by atoms with Crippen molar-refractivity contribution in [3.63, 3.8) is 0 Å². The molecule has 9 heteroatoms. The van der Waals surface area contributed by atoms with Crippen LogP contribution in [0.4, 0.5) is 11.5 Å². The number of halogens is 1. The molecule has 0 N–H and O–H groups in total. The van der Waals surface area contributed by atoms with Crippen LogP contribution in [-0.4, -0.2) is 65.3 Å². The van der Waals surface area contributed by atoms with Crippen molar-refractivity contribution in [1.82, 2.24) is 14.9 Å². The number of anilines is 2. The normalized spacial score (nSPS) is 21.6. The quantitative estimate of drug-likeness (QED) is 0.639. The lowest BCUT2D eigenvalue weighted by molar-refractivity contribution is -0.111. The summed E-state index contributed by atoms with van der Waals surface area (Å²) in [4.78, 5) is 39.2. The smallest absolute Gasteiger partial charge is 0.274 e. The molecule has 2 saturated heterocycles. The van der Waals surface area contributed by atoms with Gasteiger partial charge in [0.15, 0.2) is 0 Å². The second kappa shape index (κ2) is 9.75. The number of carbonyl (C=O) groups excluding carboxylic acids is 2. The maximum absolute atomic E-state index is 13.2. The molecule has 3 heterocycles. The predicted octanol–water partition coefficient (Wildman–Crippen LogP) is 3.16. The van der Waals surface area contributed by atoms with E-state index >= 15 is 0 Å². The van der Waals surface area contributed by atoms with Crippen molar-refractivity contribution in [3.05, 3.63) is 46.9 Å². The van der Waals surface area contributed by atoms with Crippen LogP contribution in [0.2, 0.25) is 5.02 Å². The van der Waals surface area contributed by atoms with Crippen molar-refractivity contribution < 1.29 is 9.59 Å². The molecule has 4 rings (SSSR count). The van der Waals surface area contributed by atoms with Crippen LogP contribution >= 0.6 is 11.6 Å². The molecule has 2 aromatic rings. The maximum atomic E-state index is 13.2. The van der Waals surface area contributed by atoms with E-state index in [1.54, 1.807) is 18.5 Å². The first-order valence-electron chi connectivity index (χ1n) is 11.2. The molecule has 172 valence electrons. The molecule has 2 aliphatic heterocycles. The third kappa shape index (κ3) is 4.79. The van der Waals surface area contributed by atoms with Crippen LogP contribution in [0.25, 0.3) is 0 Å². The van der Waals surface area contributed by atoms with Gasteiger partial charge in [-0.15, -0.1) is 0 Å². The number of benzene rings is 1. The molecule has 2 atom stereocenters. The fourth-order valence-corrected chi connectivity index (χ4v) is 4.77. The first-order valence-corrected chi connectivity index (χ1v) is 11.6. The van der Waals surface area contributed by atoms with Crippen molar-refractivity contribution in [2.75, 3.05) is 36.0 Å². The van der Waals surface area contributed by atoms with Gasteiger partial charge in [-0.1, -0.05) is 11.6 Å². The van der Waals surface area contributed by atoms with Crippen LogP contribution in [0, 0.1) is 17.2 Å². The monoisotopic (exact) mass is 466 g/mol. The van der Waals surface area contributed by atoms with Gasteiger partial charge in [0, 0.05) is 49.9 Å². The number of nitriles is 1. The number of carbonyl (C=O) groups is 2. The number of rotatable bonds is 4. The van der Waals surface area contributed by atoms with E-state index in [1.807, 2.05) is 24.0 Å². The number of aldehydes is 1. The SMILES string of the molecule is C[C@@H]1CN(c2ccc(C#N)c(Cl)c2)[C@@H](C)CN1C(=O)c1cnc(N2CCC(C=O)CC2)cn1. The zero-order valence-electron chi connectivity index (χ0n) is 18.8. The number of piperidine rings is 1. The van der Waals surface area contributed by atoms with E-state index in [0.717, 1.165) is 43.7 Å². The van der Waals surface area contributed by atoms with Gasteiger partial charge >= 0.3 is 0 Å². The Labute approximate surface area is 198 Å². The zero-order valence-corrected chi connectivity index (χ0v) is 19.6. The summed E-state index contributed by atoms with van der Waals surface area (Å²) in [6, 6.07) is 7.55. The van der Waals surface area contributed by atoms with Gasteiger partial charge in [0.25, 0.3) is 5.91 Å². The summed E-state index contributed by atoms with van der Waals surface area (Å²) in [5.41, 5.74) is 1.72. The molecule has 0 bridgehead atoms. The van der Waals surface area contributed by atoms with Crippen LogP contribution in [-0.2, 0) is 4.79 Å². The van der Waals surface area contributed by atoms with E-state index in [9.17, 15) is 9.59 Å². The van der Waals surface area contributed by atoms with Gasteiger partial charge in [0.05, 0.1) is 23.0 Å². The zero-order chi connectivity index (χ0) is 23.5. The maximum Gasteiger partial charge on any atom is 0.274 e. The molecule has 2 aliphatic rings. The largest absolute Gasteiger partial charge is 0.365 e. The highest BCUT2D eigenvalue weighted by Gasteiger charge is 2.33. The lowest BCUT2D eigenvalue weighted by Crippen LogP contribution is -2.58. The van der Waals surface area contributed by atoms with Crippen molar-refractivity contribution in [3.8, 4) is 6.07 Å². The molecule has 1 amide bonds. The lowest BCUT2D eigenvalue weighted by Gasteiger charge is -2.45. The molecule has 8 nitrogen and oxygen atoms in total. The third-order valence-corrected chi connectivity index (χ3v) is 6.88. The number of aromatic nitrogens is 2. The van der Waals surface area contributed by atoms with Crippen LogP contribution < -0.4 is 9.80 Å². The van der Waals surface area contributed by atoms with Crippen LogP contribution in [0.1, 0.15) is 42.7 Å². The van der Waals surface area contributed by atoms with Gasteiger partial charge in [0.1, 0.15) is 23.9 Å². The van der Waals surface area contributed by atoms with Crippen LogP contribution in [0.5, 0.6) is 0 Å². The van der Waals surface area contributed by atoms with Gasteiger partial charge in [-0.25, -0.2) is 9.97 Å². The van der Waals surface area contributed by atoms with E-state index in [2.05, 4.69) is 32.8 Å². The Bertz CT molecular complexity index is 1060. The van der Waals surface area contributed by atoms with E-state index in [4.69, 9.17) is 16.9 Å². The number of nitrogens with zero attached hydrogens (tertiary/aromatic N) is 6. The molecular formula is C24H27ClN6O2. The minimum absolute atomic E-state index is 0.0352. The standard InChI is InChI=1S/C24H27ClN6O2/c1-16-14-31(17(2)13-30(16)20-4-3-19(10-26)21(25)9-20)24(33)22-11-28-23(12-27-22)29-7-5-18(15-32)6-8-29/h3-4,9,11-12,15-18H,5-8,13-14H2,1-2H3/t16-,17+/m0/s1. The molecule has 0 saturated carbocycles. The molecule has 0 unspecified atom stereocenters. The molecule has 1 aromatic carbocycles. The van der Waals surface area contributed by atoms with Gasteiger partial charge in [-0.3, -0.25) is 4.79 Å². The minimum atomic E-state index is -0.134. The summed E-state index contributed by atoms with van der Waals surface area (Å²) in [6.07, 6.45) is 5.86. The summed E-state index contributed by atoms with van der Waals surface area (Å²) >= 11 is 6.23. The number of piperazine rings is 1. The van der Waals surface area contributed by atoms with E-state index in [0.29, 0.717) is 29.4 Å². The Balaban J connectivity index is 1.42. The second-order valence-electron chi connectivity index (χ2n) is 8.80. The second-order valence-corrected chi connectivity index (χ2v) is 9.21. The van der Waals surface area contributed by atoms with E-state index < -0.39 is 0 Å². The number of hydrogen-bond donors (Lipinski definition) is 0.